The van der Waals surface area contributed by atoms with E-state index in [0.717, 1.165) is 19.5 Å². The summed E-state index contributed by atoms with van der Waals surface area (Å²) in [6.07, 6.45) is 5.73. The van der Waals surface area contributed by atoms with Crippen molar-refractivity contribution in [1.82, 2.24) is 14.7 Å². The largest absolute Gasteiger partial charge is 0.328 e. The van der Waals surface area contributed by atoms with Gasteiger partial charge >= 0.3 is 0 Å². The lowest BCUT2D eigenvalue weighted by Gasteiger charge is -2.34. The van der Waals surface area contributed by atoms with Crippen LogP contribution in [0.25, 0.3) is 0 Å². The van der Waals surface area contributed by atoms with Gasteiger partial charge in [-0.2, -0.15) is 5.10 Å². The van der Waals surface area contributed by atoms with Gasteiger partial charge in [-0.25, -0.2) is 0 Å². The topological polar surface area (TPSA) is 47.1 Å². The number of hydrogen-bond donors (Lipinski definition) is 1. The average molecular weight is 250 g/mol. The molecule has 0 aliphatic carbocycles. The van der Waals surface area contributed by atoms with Gasteiger partial charge in [-0.05, 0) is 38.6 Å². The van der Waals surface area contributed by atoms with E-state index in [1.54, 1.807) is 0 Å². The highest BCUT2D eigenvalue weighted by molar-refractivity contribution is 5.17. The average Bonchev–Trinajstić information content (AvgIpc) is 2.69. The molecular formula is C14H26N4. The van der Waals surface area contributed by atoms with Gasteiger partial charge in [0.05, 0.1) is 5.69 Å². The summed E-state index contributed by atoms with van der Waals surface area (Å²) in [5, 5.41) is 4.51. The first kappa shape index (κ1) is 13.6. The molecule has 4 heteroatoms. The highest BCUT2D eigenvalue weighted by atomic mass is 15.3. The van der Waals surface area contributed by atoms with Crippen LogP contribution < -0.4 is 5.73 Å². The van der Waals surface area contributed by atoms with Gasteiger partial charge in [-0.3, -0.25) is 9.58 Å². The number of nitrogens with zero attached hydrogens (tertiary/aromatic N) is 3. The summed E-state index contributed by atoms with van der Waals surface area (Å²) in [6.45, 7) is 7.67. The fourth-order valence-corrected chi connectivity index (χ4v) is 2.92. The third-order valence-corrected chi connectivity index (χ3v) is 4.01. The number of nitrogens with two attached hydrogens (primary N) is 1. The molecule has 2 unspecified atom stereocenters. The Hall–Kier alpha value is -0.870. The molecule has 0 spiro atoms. The summed E-state index contributed by atoms with van der Waals surface area (Å²) in [5.74, 6) is 0.653. The molecule has 1 aliphatic rings. The zero-order valence-corrected chi connectivity index (χ0v) is 11.9. The van der Waals surface area contributed by atoms with E-state index in [2.05, 4.69) is 30.0 Å². The van der Waals surface area contributed by atoms with Crippen molar-refractivity contribution in [2.75, 3.05) is 13.1 Å². The Balaban J connectivity index is 2.00. The number of likely N-dealkylation sites (tertiary alicyclic amines) is 1. The normalized spacial score (nSPS) is 23.2. The molecule has 0 saturated carbocycles. The SMILES string of the molecule is CCc1nn(C)cc1CN1CCCC(C(C)N)C1. The molecule has 18 heavy (non-hydrogen) atoms. The highest BCUT2D eigenvalue weighted by Gasteiger charge is 2.23. The maximum atomic E-state index is 6.04. The molecule has 1 saturated heterocycles. The van der Waals surface area contributed by atoms with Gasteiger partial charge in [-0.15, -0.1) is 0 Å². The van der Waals surface area contributed by atoms with Crippen LogP contribution >= 0.6 is 0 Å². The molecule has 1 fully saturated rings. The number of rotatable bonds is 4. The molecule has 102 valence electrons. The van der Waals surface area contributed by atoms with E-state index >= 15 is 0 Å². The van der Waals surface area contributed by atoms with Crippen LogP contribution in [0.2, 0.25) is 0 Å². The Morgan fingerprint density at radius 3 is 3.00 bits per heavy atom. The molecule has 0 bridgehead atoms. The monoisotopic (exact) mass is 250 g/mol. The maximum absolute atomic E-state index is 6.04. The van der Waals surface area contributed by atoms with Gasteiger partial charge in [0.15, 0.2) is 0 Å². The summed E-state index contributed by atoms with van der Waals surface area (Å²) in [7, 11) is 2.00. The highest BCUT2D eigenvalue weighted by Crippen LogP contribution is 2.21. The number of aryl methyl sites for hydroxylation is 2. The van der Waals surface area contributed by atoms with Gasteiger partial charge < -0.3 is 5.73 Å². The molecule has 2 rings (SSSR count). The summed E-state index contributed by atoms with van der Waals surface area (Å²) in [5.41, 5.74) is 8.66. The van der Waals surface area contributed by atoms with Crippen LogP contribution in [0.3, 0.4) is 0 Å². The van der Waals surface area contributed by atoms with Gasteiger partial charge in [0.2, 0.25) is 0 Å². The van der Waals surface area contributed by atoms with E-state index in [1.807, 2.05) is 11.7 Å². The van der Waals surface area contributed by atoms with Crippen molar-refractivity contribution >= 4 is 0 Å². The van der Waals surface area contributed by atoms with Crippen molar-refractivity contribution in [3.8, 4) is 0 Å². The first-order chi connectivity index (χ1) is 8.60. The lowest BCUT2D eigenvalue weighted by molar-refractivity contribution is 0.154. The van der Waals surface area contributed by atoms with Crippen molar-refractivity contribution in [2.24, 2.45) is 18.7 Å². The number of hydrogen-bond acceptors (Lipinski definition) is 3. The third-order valence-electron chi connectivity index (χ3n) is 4.01. The minimum absolute atomic E-state index is 0.312. The second kappa shape index (κ2) is 5.85. The van der Waals surface area contributed by atoms with E-state index in [4.69, 9.17) is 5.73 Å². The summed E-state index contributed by atoms with van der Waals surface area (Å²) >= 11 is 0. The summed E-state index contributed by atoms with van der Waals surface area (Å²) < 4.78 is 1.93. The molecule has 2 atom stereocenters. The molecular weight excluding hydrogens is 224 g/mol. The zero-order valence-electron chi connectivity index (χ0n) is 11.9. The minimum Gasteiger partial charge on any atom is -0.328 e. The third kappa shape index (κ3) is 3.12. The molecule has 0 aromatic carbocycles. The smallest absolute Gasteiger partial charge is 0.0666 e. The van der Waals surface area contributed by atoms with Gasteiger partial charge in [0.25, 0.3) is 0 Å². The van der Waals surface area contributed by atoms with Crippen molar-refractivity contribution in [1.29, 1.82) is 0 Å². The van der Waals surface area contributed by atoms with Crippen LogP contribution in [0, 0.1) is 5.92 Å². The van der Waals surface area contributed by atoms with E-state index in [0.29, 0.717) is 12.0 Å². The maximum Gasteiger partial charge on any atom is 0.0666 e. The molecule has 2 N–H and O–H groups in total. The van der Waals surface area contributed by atoms with E-state index in [9.17, 15) is 0 Å². The van der Waals surface area contributed by atoms with E-state index in [1.165, 1.54) is 30.6 Å². The Morgan fingerprint density at radius 1 is 1.56 bits per heavy atom. The molecule has 1 aliphatic heterocycles. The van der Waals surface area contributed by atoms with E-state index in [-0.39, 0.29) is 0 Å². The van der Waals surface area contributed by atoms with Crippen molar-refractivity contribution in [3.63, 3.8) is 0 Å². The predicted octanol–water partition coefficient (Wildman–Crippen LogP) is 1.54. The Kier molecular flexibility index (Phi) is 4.40. The van der Waals surface area contributed by atoms with Crippen molar-refractivity contribution in [3.05, 3.63) is 17.5 Å². The standard InChI is InChI=1S/C14H26N4/c1-4-14-13(8-17(3)16-14)10-18-7-5-6-12(9-18)11(2)15/h8,11-12H,4-7,9-10,15H2,1-3H3. The van der Waals surface area contributed by atoms with Crippen LogP contribution in [0.1, 0.15) is 37.9 Å². The minimum atomic E-state index is 0.312. The predicted molar refractivity (Wildman–Crippen MR) is 74.2 cm³/mol. The van der Waals surface area contributed by atoms with Crippen LogP contribution in [-0.4, -0.2) is 33.8 Å². The second-order valence-corrected chi connectivity index (χ2v) is 5.62. The molecule has 4 nitrogen and oxygen atoms in total. The van der Waals surface area contributed by atoms with Crippen molar-refractivity contribution < 1.29 is 0 Å². The fourth-order valence-electron chi connectivity index (χ4n) is 2.92. The Labute approximate surface area is 110 Å². The lowest BCUT2D eigenvalue weighted by atomic mass is 9.92. The van der Waals surface area contributed by atoms with Gasteiger partial charge in [0, 0.05) is 37.9 Å². The van der Waals surface area contributed by atoms with Gasteiger partial charge in [-0.1, -0.05) is 6.92 Å². The van der Waals surface area contributed by atoms with Crippen LogP contribution in [0.15, 0.2) is 6.20 Å². The number of aromatic nitrogens is 2. The van der Waals surface area contributed by atoms with Crippen LogP contribution in [-0.2, 0) is 20.0 Å². The van der Waals surface area contributed by atoms with Crippen LogP contribution in [0.4, 0.5) is 0 Å². The Bertz CT molecular complexity index is 383. The quantitative estimate of drug-likeness (QED) is 0.882. The summed E-state index contributed by atoms with van der Waals surface area (Å²) in [6, 6.07) is 0.312. The zero-order chi connectivity index (χ0) is 13.1. The first-order valence-corrected chi connectivity index (χ1v) is 7.09. The fraction of sp³-hybridized carbons (Fsp3) is 0.786. The Morgan fingerprint density at radius 2 is 2.33 bits per heavy atom. The number of piperidine rings is 1. The second-order valence-electron chi connectivity index (χ2n) is 5.62. The van der Waals surface area contributed by atoms with Gasteiger partial charge in [0.1, 0.15) is 0 Å². The van der Waals surface area contributed by atoms with Crippen LogP contribution in [0.5, 0.6) is 0 Å². The molecule has 0 radical (unpaired) electrons. The summed E-state index contributed by atoms with van der Waals surface area (Å²) in [4.78, 5) is 2.54. The molecule has 2 heterocycles. The first-order valence-electron chi connectivity index (χ1n) is 7.09. The van der Waals surface area contributed by atoms with Crippen molar-refractivity contribution in [2.45, 2.75) is 45.7 Å². The molecule has 1 aromatic heterocycles. The van der Waals surface area contributed by atoms with E-state index < -0.39 is 0 Å². The lowest BCUT2D eigenvalue weighted by Crippen LogP contribution is -2.42. The molecule has 0 amide bonds. The molecule has 1 aromatic rings.